The minimum atomic E-state index is -4.80. The Bertz CT molecular complexity index is 1030. The Morgan fingerprint density at radius 3 is 2.75 bits per heavy atom. The third-order valence-electron chi connectivity index (χ3n) is 6.31. The Morgan fingerprint density at radius 1 is 1.22 bits per heavy atom. The van der Waals surface area contributed by atoms with Gasteiger partial charge in [-0.05, 0) is 44.4 Å². The molecule has 0 saturated heterocycles. The van der Waals surface area contributed by atoms with Crippen molar-refractivity contribution in [2.75, 3.05) is 7.05 Å². The minimum Gasteiger partial charge on any atom is -0.406 e. The van der Waals surface area contributed by atoms with Gasteiger partial charge >= 0.3 is 6.36 Å². The van der Waals surface area contributed by atoms with Crippen LogP contribution in [-0.2, 0) is 0 Å². The highest BCUT2D eigenvalue weighted by molar-refractivity contribution is 6.17. The molecule has 0 radical (unpaired) electrons. The Balaban J connectivity index is 1.39. The second-order valence-electron chi connectivity index (χ2n) is 8.40. The summed E-state index contributed by atoms with van der Waals surface area (Å²) < 4.78 is 41.5. The van der Waals surface area contributed by atoms with Gasteiger partial charge < -0.3 is 9.64 Å². The number of allylic oxidation sites excluding steroid dienone is 2. The molecule has 1 aliphatic carbocycles. The average molecular weight is 446 g/mol. The van der Waals surface area contributed by atoms with E-state index in [1.807, 2.05) is 13.1 Å². The van der Waals surface area contributed by atoms with Gasteiger partial charge in [0.25, 0.3) is 5.91 Å². The second kappa shape index (κ2) is 8.88. The van der Waals surface area contributed by atoms with Gasteiger partial charge in [-0.25, -0.2) is 0 Å². The third-order valence-corrected chi connectivity index (χ3v) is 6.31. The van der Waals surface area contributed by atoms with Crippen LogP contribution in [0.4, 0.5) is 13.2 Å². The lowest BCUT2D eigenvalue weighted by atomic mass is 9.80. The van der Waals surface area contributed by atoms with Crippen molar-refractivity contribution in [3.63, 3.8) is 0 Å². The van der Waals surface area contributed by atoms with Crippen LogP contribution in [0, 0.1) is 5.92 Å². The van der Waals surface area contributed by atoms with Crippen LogP contribution >= 0.6 is 0 Å². The van der Waals surface area contributed by atoms with Crippen molar-refractivity contribution in [3.05, 3.63) is 41.1 Å². The Labute approximate surface area is 184 Å². The van der Waals surface area contributed by atoms with E-state index in [4.69, 9.17) is 0 Å². The number of benzene rings is 1. The van der Waals surface area contributed by atoms with Crippen molar-refractivity contribution in [2.45, 2.75) is 57.9 Å². The SMILES string of the molecule is CC1=C(C2=NN=C([C@H]3CCC[C@@H](N(C)C(=O)c4cccc(OC(F)(F)F)c4)C3)C2)CC=N1. The maximum Gasteiger partial charge on any atom is 0.573 e. The highest BCUT2D eigenvalue weighted by Gasteiger charge is 2.34. The molecule has 9 heteroatoms. The summed E-state index contributed by atoms with van der Waals surface area (Å²) in [5.74, 6) is -0.491. The minimum absolute atomic E-state index is 0.0176. The van der Waals surface area contributed by atoms with E-state index in [1.54, 1.807) is 11.9 Å². The molecule has 1 aromatic rings. The van der Waals surface area contributed by atoms with Crippen LogP contribution in [0.3, 0.4) is 0 Å². The molecule has 2 aliphatic heterocycles. The lowest BCUT2D eigenvalue weighted by molar-refractivity contribution is -0.274. The third kappa shape index (κ3) is 4.92. The Kier molecular flexibility index (Phi) is 6.17. The normalized spacial score (nSPS) is 23.3. The number of hydrogen-bond acceptors (Lipinski definition) is 5. The molecule has 0 N–H and O–H groups in total. The molecule has 3 aliphatic rings. The molecule has 6 nitrogen and oxygen atoms in total. The lowest BCUT2D eigenvalue weighted by Crippen LogP contribution is -2.41. The fourth-order valence-corrected chi connectivity index (χ4v) is 4.60. The van der Waals surface area contributed by atoms with Crippen molar-refractivity contribution in [1.29, 1.82) is 0 Å². The van der Waals surface area contributed by atoms with Gasteiger partial charge in [0.05, 0.1) is 5.71 Å². The van der Waals surface area contributed by atoms with Crippen LogP contribution < -0.4 is 4.74 Å². The number of carbonyl (C=O) groups excluding carboxylic acids is 1. The standard InChI is InChI=1S/C23H25F3N4O2/c1-14-19(9-10-27-14)21-13-20(28-29-21)15-5-3-7-17(11-15)30(2)22(31)16-6-4-8-18(12-16)32-23(24,25)26/h4,6,8,10,12,15,17H,3,5,7,9,11,13H2,1-2H3/t15-,17+/m0/s1. The largest absolute Gasteiger partial charge is 0.573 e. The van der Waals surface area contributed by atoms with E-state index in [-0.39, 0.29) is 23.4 Å². The molecule has 170 valence electrons. The van der Waals surface area contributed by atoms with Gasteiger partial charge in [-0.1, -0.05) is 12.5 Å². The van der Waals surface area contributed by atoms with E-state index in [0.29, 0.717) is 6.42 Å². The van der Waals surface area contributed by atoms with E-state index < -0.39 is 12.1 Å². The van der Waals surface area contributed by atoms with Crippen LogP contribution in [0.5, 0.6) is 5.75 Å². The maximum atomic E-state index is 13.0. The van der Waals surface area contributed by atoms with E-state index in [1.165, 1.54) is 18.2 Å². The van der Waals surface area contributed by atoms with Crippen molar-refractivity contribution in [3.8, 4) is 5.75 Å². The van der Waals surface area contributed by atoms with E-state index in [2.05, 4.69) is 19.9 Å². The first-order valence-electron chi connectivity index (χ1n) is 10.7. The first-order chi connectivity index (χ1) is 15.2. The van der Waals surface area contributed by atoms with Crippen molar-refractivity contribution in [1.82, 2.24) is 4.90 Å². The van der Waals surface area contributed by atoms with Gasteiger partial charge in [0.1, 0.15) is 5.75 Å². The number of ether oxygens (including phenoxy) is 1. The van der Waals surface area contributed by atoms with E-state index >= 15 is 0 Å². The molecule has 1 amide bonds. The lowest BCUT2D eigenvalue weighted by Gasteiger charge is -2.35. The smallest absolute Gasteiger partial charge is 0.406 e. The molecule has 1 aromatic carbocycles. The molecule has 2 heterocycles. The van der Waals surface area contributed by atoms with E-state index in [0.717, 1.165) is 60.9 Å². The molecule has 2 atom stereocenters. The number of carbonyl (C=O) groups is 1. The molecule has 0 unspecified atom stereocenters. The molecular formula is C23H25F3N4O2. The summed E-state index contributed by atoms with van der Waals surface area (Å²) in [6, 6.07) is 5.19. The predicted molar refractivity (Wildman–Crippen MR) is 116 cm³/mol. The molecule has 32 heavy (non-hydrogen) atoms. The quantitative estimate of drug-likeness (QED) is 0.627. The van der Waals surface area contributed by atoms with Crippen LogP contribution in [0.25, 0.3) is 0 Å². The number of aliphatic imine (C=N–C) groups is 1. The summed E-state index contributed by atoms with van der Waals surface area (Å²) >= 11 is 0. The highest BCUT2D eigenvalue weighted by Crippen LogP contribution is 2.33. The zero-order chi connectivity index (χ0) is 22.9. The van der Waals surface area contributed by atoms with Gasteiger partial charge in [0.15, 0.2) is 0 Å². The number of amides is 1. The molecule has 0 aromatic heterocycles. The zero-order valence-corrected chi connectivity index (χ0v) is 18.0. The summed E-state index contributed by atoms with van der Waals surface area (Å²) in [5, 5.41) is 8.85. The monoisotopic (exact) mass is 446 g/mol. The first kappa shape index (κ1) is 22.2. The fourth-order valence-electron chi connectivity index (χ4n) is 4.60. The zero-order valence-electron chi connectivity index (χ0n) is 18.0. The summed E-state index contributed by atoms with van der Waals surface area (Å²) in [4.78, 5) is 18.9. The number of nitrogens with zero attached hydrogens (tertiary/aromatic N) is 4. The van der Waals surface area contributed by atoms with E-state index in [9.17, 15) is 18.0 Å². The number of hydrogen-bond donors (Lipinski definition) is 0. The number of rotatable bonds is 5. The number of halogens is 3. The van der Waals surface area contributed by atoms with Crippen LogP contribution in [0.2, 0.25) is 0 Å². The van der Waals surface area contributed by atoms with Gasteiger partial charge in [-0.3, -0.25) is 9.79 Å². The fraction of sp³-hybridized carbons (Fsp3) is 0.478. The predicted octanol–water partition coefficient (Wildman–Crippen LogP) is 5.17. The summed E-state index contributed by atoms with van der Waals surface area (Å²) in [7, 11) is 1.70. The average Bonchev–Trinajstić information content (AvgIpc) is 3.40. The van der Waals surface area contributed by atoms with Gasteiger partial charge in [-0.15, -0.1) is 13.2 Å². The number of alkyl halides is 3. The van der Waals surface area contributed by atoms with Gasteiger partial charge in [0, 0.05) is 60.6 Å². The second-order valence-corrected chi connectivity index (χ2v) is 8.40. The molecule has 0 spiro atoms. The van der Waals surface area contributed by atoms with Crippen LogP contribution in [0.1, 0.15) is 55.8 Å². The summed E-state index contributed by atoms with van der Waals surface area (Å²) in [6.07, 6.45) is 2.13. The molecule has 4 rings (SSSR count). The van der Waals surface area contributed by atoms with Crippen molar-refractivity contribution < 1.29 is 22.7 Å². The van der Waals surface area contributed by atoms with Gasteiger partial charge in [-0.2, -0.15) is 10.2 Å². The summed E-state index contributed by atoms with van der Waals surface area (Å²) in [6.45, 7) is 1.98. The van der Waals surface area contributed by atoms with Crippen molar-refractivity contribution in [2.24, 2.45) is 21.1 Å². The molecule has 1 fully saturated rings. The molecule has 1 saturated carbocycles. The Hall–Kier alpha value is -2.97. The highest BCUT2D eigenvalue weighted by atomic mass is 19.4. The first-order valence-corrected chi connectivity index (χ1v) is 10.7. The maximum absolute atomic E-state index is 13.0. The van der Waals surface area contributed by atoms with Crippen LogP contribution in [-0.4, -0.2) is 47.9 Å². The Morgan fingerprint density at radius 2 is 2.03 bits per heavy atom. The van der Waals surface area contributed by atoms with Crippen molar-refractivity contribution >= 4 is 23.5 Å². The molecular weight excluding hydrogens is 421 g/mol. The summed E-state index contributed by atoms with van der Waals surface area (Å²) in [5.41, 5.74) is 4.32. The topological polar surface area (TPSA) is 66.6 Å². The van der Waals surface area contributed by atoms with Crippen LogP contribution in [0.15, 0.2) is 50.7 Å². The van der Waals surface area contributed by atoms with Gasteiger partial charge in [0.2, 0.25) is 0 Å². The molecule has 0 bridgehead atoms.